The van der Waals surface area contributed by atoms with E-state index in [0.29, 0.717) is 24.6 Å². The molecule has 1 atom stereocenters. The molecule has 0 aliphatic heterocycles. The second kappa shape index (κ2) is 7.73. The highest BCUT2D eigenvalue weighted by Gasteiger charge is 2.11. The van der Waals surface area contributed by atoms with Crippen molar-refractivity contribution in [1.82, 2.24) is 15.3 Å². The van der Waals surface area contributed by atoms with Crippen LogP contribution in [0.2, 0.25) is 0 Å². The lowest BCUT2D eigenvalue weighted by molar-refractivity contribution is 0.0937. The van der Waals surface area contributed by atoms with Crippen LogP contribution in [-0.2, 0) is 0 Å². The molecule has 0 spiro atoms. The van der Waals surface area contributed by atoms with Crippen molar-refractivity contribution < 1.29 is 9.90 Å². The van der Waals surface area contributed by atoms with E-state index in [2.05, 4.69) is 22.2 Å². The van der Waals surface area contributed by atoms with Crippen LogP contribution < -0.4 is 5.32 Å². The molecule has 1 aromatic rings. The highest BCUT2D eigenvalue weighted by atomic mass is 16.3. The number of amides is 1. The second-order valence-electron chi connectivity index (χ2n) is 3.97. The molecule has 94 valence electrons. The van der Waals surface area contributed by atoms with E-state index in [1.807, 2.05) is 0 Å². The maximum absolute atomic E-state index is 11.7. The van der Waals surface area contributed by atoms with Gasteiger partial charge in [0.15, 0.2) is 0 Å². The third kappa shape index (κ3) is 4.91. The van der Waals surface area contributed by atoms with Gasteiger partial charge in [-0.2, -0.15) is 0 Å². The second-order valence-corrected chi connectivity index (χ2v) is 3.97. The topological polar surface area (TPSA) is 75.1 Å². The molecule has 0 aliphatic carbocycles. The van der Waals surface area contributed by atoms with Gasteiger partial charge in [0, 0.05) is 25.5 Å². The summed E-state index contributed by atoms with van der Waals surface area (Å²) >= 11 is 0. The first-order valence-corrected chi connectivity index (χ1v) is 5.93. The number of hydrogen-bond donors (Lipinski definition) is 2. The van der Waals surface area contributed by atoms with Crippen molar-refractivity contribution in [3.63, 3.8) is 0 Å². The number of aliphatic hydroxyl groups excluding tert-OH is 1. The Hall–Kier alpha value is -1.49. The zero-order valence-corrected chi connectivity index (χ0v) is 10.1. The molecule has 0 bridgehead atoms. The van der Waals surface area contributed by atoms with Crippen LogP contribution in [0.4, 0.5) is 0 Å². The number of carbonyl (C=O) groups excluding carboxylic acids is 1. The number of aromatic nitrogens is 2. The Bertz CT molecular complexity index is 324. The molecule has 0 radical (unpaired) electrons. The fourth-order valence-electron chi connectivity index (χ4n) is 1.68. The van der Waals surface area contributed by atoms with E-state index in [0.717, 1.165) is 12.8 Å². The normalized spacial score (nSPS) is 12.1. The summed E-state index contributed by atoms with van der Waals surface area (Å²) in [4.78, 5) is 19.4. The molecule has 1 amide bonds. The average molecular weight is 237 g/mol. The lowest BCUT2D eigenvalue weighted by Gasteiger charge is -2.15. The summed E-state index contributed by atoms with van der Waals surface area (Å²) in [5.41, 5.74) is 0.326. The minimum absolute atomic E-state index is 0.158. The number of nitrogens with one attached hydrogen (secondary N) is 1. The van der Waals surface area contributed by atoms with Gasteiger partial charge in [-0.15, -0.1) is 0 Å². The van der Waals surface area contributed by atoms with Crippen LogP contribution in [0.1, 0.15) is 36.7 Å². The summed E-state index contributed by atoms with van der Waals surface area (Å²) in [6.45, 7) is 2.82. The molecule has 1 rings (SSSR count). The number of rotatable bonds is 7. The van der Waals surface area contributed by atoms with E-state index >= 15 is 0 Å². The van der Waals surface area contributed by atoms with Crippen molar-refractivity contribution in [2.45, 2.75) is 26.2 Å². The number of carbonyl (C=O) groups is 1. The molecule has 1 heterocycles. The zero-order valence-electron chi connectivity index (χ0n) is 10.1. The van der Waals surface area contributed by atoms with Crippen LogP contribution in [0.3, 0.4) is 0 Å². The molecule has 0 aliphatic rings. The average Bonchev–Trinajstić information content (AvgIpc) is 2.37. The SMILES string of the molecule is CCCC(CCO)CNC(=O)c1cnccn1. The van der Waals surface area contributed by atoms with E-state index < -0.39 is 0 Å². The van der Waals surface area contributed by atoms with Crippen LogP contribution in [0.15, 0.2) is 18.6 Å². The predicted octanol–water partition coefficient (Wildman–Crippen LogP) is 1.01. The molecular weight excluding hydrogens is 218 g/mol. The molecular formula is C12H19N3O2. The lowest BCUT2D eigenvalue weighted by Crippen LogP contribution is -2.30. The molecule has 0 saturated heterocycles. The van der Waals surface area contributed by atoms with Crippen LogP contribution in [0.5, 0.6) is 0 Å². The van der Waals surface area contributed by atoms with Crippen molar-refractivity contribution in [3.8, 4) is 0 Å². The Kier molecular flexibility index (Phi) is 6.17. The Morgan fingerprint density at radius 3 is 2.88 bits per heavy atom. The molecule has 5 nitrogen and oxygen atoms in total. The molecule has 0 saturated carbocycles. The molecule has 17 heavy (non-hydrogen) atoms. The van der Waals surface area contributed by atoms with Gasteiger partial charge < -0.3 is 10.4 Å². The number of nitrogens with zero attached hydrogens (tertiary/aromatic N) is 2. The standard InChI is InChI=1S/C12H19N3O2/c1-2-3-10(4-7-16)8-15-12(17)11-9-13-5-6-14-11/h5-6,9-10,16H,2-4,7-8H2,1H3,(H,15,17). The van der Waals surface area contributed by atoms with Gasteiger partial charge in [-0.3, -0.25) is 9.78 Å². The van der Waals surface area contributed by atoms with E-state index in [9.17, 15) is 4.79 Å². The largest absolute Gasteiger partial charge is 0.396 e. The molecule has 1 unspecified atom stereocenters. The Balaban J connectivity index is 2.41. The van der Waals surface area contributed by atoms with Crippen molar-refractivity contribution in [2.75, 3.05) is 13.2 Å². The smallest absolute Gasteiger partial charge is 0.271 e. The zero-order chi connectivity index (χ0) is 12.5. The Morgan fingerprint density at radius 2 is 2.29 bits per heavy atom. The highest BCUT2D eigenvalue weighted by Crippen LogP contribution is 2.09. The molecule has 2 N–H and O–H groups in total. The van der Waals surface area contributed by atoms with Gasteiger partial charge in [0.2, 0.25) is 0 Å². The van der Waals surface area contributed by atoms with E-state index in [1.165, 1.54) is 18.6 Å². The third-order valence-electron chi connectivity index (χ3n) is 2.58. The molecule has 0 fully saturated rings. The van der Waals surface area contributed by atoms with Crippen molar-refractivity contribution >= 4 is 5.91 Å². The first kappa shape index (κ1) is 13.6. The van der Waals surface area contributed by atoms with Gasteiger partial charge in [-0.25, -0.2) is 4.98 Å². The maximum Gasteiger partial charge on any atom is 0.271 e. The molecule has 0 aromatic carbocycles. The van der Waals surface area contributed by atoms with Gasteiger partial charge >= 0.3 is 0 Å². The minimum Gasteiger partial charge on any atom is -0.396 e. The summed E-state index contributed by atoms with van der Waals surface area (Å²) in [5, 5.41) is 11.7. The monoisotopic (exact) mass is 237 g/mol. The lowest BCUT2D eigenvalue weighted by atomic mass is 10.0. The van der Waals surface area contributed by atoms with Crippen LogP contribution in [0.25, 0.3) is 0 Å². The quantitative estimate of drug-likeness (QED) is 0.742. The Morgan fingerprint density at radius 1 is 1.47 bits per heavy atom. The van der Waals surface area contributed by atoms with Crippen LogP contribution >= 0.6 is 0 Å². The van der Waals surface area contributed by atoms with Gasteiger partial charge in [0.1, 0.15) is 5.69 Å². The molecule has 1 aromatic heterocycles. The van der Waals surface area contributed by atoms with Crippen molar-refractivity contribution in [3.05, 3.63) is 24.3 Å². The Labute approximate surface area is 101 Å². The predicted molar refractivity (Wildman–Crippen MR) is 64.5 cm³/mol. The van der Waals surface area contributed by atoms with E-state index in [4.69, 9.17) is 5.11 Å². The van der Waals surface area contributed by atoms with Crippen LogP contribution in [-0.4, -0.2) is 34.1 Å². The van der Waals surface area contributed by atoms with Crippen molar-refractivity contribution in [2.24, 2.45) is 5.92 Å². The molecule has 5 heteroatoms. The fraction of sp³-hybridized carbons (Fsp3) is 0.583. The van der Waals surface area contributed by atoms with E-state index in [-0.39, 0.29) is 12.5 Å². The summed E-state index contributed by atoms with van der Waals surface area (Å²) in [6.07, 6.45) is 7.23. The minimum atomic E-state index is -0.211. The van der Waals surface area contributed by atoms with Gasteiger partial charge in [0.05, 0.1) is 6.20 Å². The van der Waals surface area contributed by atoms with Crippen LogP contribution in [0, 0.1) is 5.92 Å². The number of aliphatic hydroxyl groups is 1. The fourth-order valence-corrected chi connectivity index (χ4v) is 1.68. The van der Waals surface area contributed by atoms with Gasteiger partial charge in [-0.05, 0) is 18.8 Å². The van der Waals surface area contributed by atoms with E-state index in [1.54, 1.807) is 0 Å². The maximum atomic E-state index is 11.7. The number of hydrogen-bond acceptors (Lipinski definition) is 4. The summed E-state index contributed by atoms with van der Waals surface area (Å²) in [7, 11) is 0. The highest BCUT2D eigenvalue weighted by molar-refractivity contribution is 5.91. The first-order valence-electron chi connectivity index (χ1n) is 5.93. The summed E-state index contributed by atoms with van der Waals surface area (Å²) in [6, 6.07) is 0. The third-order valence-corrected chi connectivity index (χ3v) is 2.58. The first-order chi connectivity index (χ1) is 8.27. The van der Waals surface area contributed by atoms with Gasteiger partial charge in [0.25, 0.3) is 5.91 Å². The summed E-state index contributed by atoms with van der Waals surface area (Å²) in [5.74, 6) is 0.114. The van der Waals surface area contributed by atoms with Crippen molar-refractivity contribution in [1.29, 1.82) is 0 Å². The van der Waals surface area contributed by atoms with Gasteiger partial charge in [-0.1, -0.05) is 13.3 Å². The summed E-state index contributed by atoms with van der Waals surface area (Å²) < 4.78 is 0.